The number of aromatic nitrogens is 2. The molecule has 2 rings (SSSR count). The smallest absolute Gasteiger partial charge is 0.315 e. The molecule has 0 fully saturated rings. The van der Waals surface area contributed by atoms with Crippen LogP contribution in [0.15, 0.2) is 6.08 Å². The Morgan fingerprint density at radius 3 is 2.60 bits per heavy atom. The second-order valence-electron chi connectivity index (χ2n) is 9.22. The van der Waals surface area contributed by atoms with Crippen LogP contribution in [0, 0.1) is 5.41 Å². The van der Waals surface area contributed by atoms with Gasteiger partial charge in [0.2, 0.25) is 6.23 Å². The van der Waals surface area contributed by atoms with Crippen molar-refractivity contribution >= 4 is 23.3 Å². The maximum atomic E-state index is 12.5. The molecule has 1 aromatic heterocycles. The Kier molecular flexibility index (Phi) is 10.8. The molecule has 2 atom stereocenters. The summed E-state index contributed by atoms with van der Waals surface area (Å²) in [5, 5.41) is 0. The van der Waals surface area contributed by atoms with Crippen LogP contribution in [0.25, 0.3) is 5.57 Å². The first-order chi connectivity index (χ1) is 13.7. The van der Waals surface area contributed by atoms with Crippen LogP contribution < -0.4 is 17.1 Å². The Labute approximate surface area is 192 Å². The molecule has 0 aromatic carbocycles. The first-order valence-electron chi connectivity index (χ1n) is 10.9. The lowest BCUT2D eigenvalue weighted by atomic mass is 9.97. The van der Waals surface area contributed by atoms with Crippen molar-refractivity contribution in [1.82, 2.24) is 8.75 Å². The van der Waals surface area contributed by atoms with Gasteiger partial charge in [0.25, 0.3) is 5.88 Å². The number of carbonyl (C=O) groups excluding carboxylic acids is 1. The minimum atomic E-state index is -0.501. The number of quaternary nitrogens is 1. The molecule has 0 aliphatic carbocycles. The third-order valence-corrected chi connectivity index (χ3v) is 5.97. The van der Waals surface area contributed by atoms with Gasteiger partial charge in [-0.25, -0.2) is 0 Å². The highest BCUT2D eigenvalue weighted by atomic mass is 35.5. The maximum absolute atomic E-state index is 12.5. The van der Waals surface area contributed by atoms with Gasteiger partial charge in [-0.1, -0.05) is 39.2 Å². The predicted molar refractivity (Wildman–Crippen MR) is 118 cm³/mol. The number of hydrogen-bond donors (Lipinski definition) is 0. The van der Waals surface area contributed by atoms with Crippen LogP contribution in [0.5, 0.6) is 5.88 Å². The van der Waals surface area contributed by atoms with Crippen LogP contribution in [0.1, 0.15) is 78.8 Å². The van der Waals surface area contributed by atoms with Gasteiger partial charge in [-0.3, -0.25) is 9.28 Å². The largest absolute Gasteiger partial charge is 1.00 e. The molecule has 0 spiro atoms. The van der Waals surface area contributed by atoms with Crippen molar-refractivity contribution < 1.29 is 31.2 Å². The zero-order valence-electron chi connectivity index (χ0n) is 19.4. The topological polar surface area (TPSA) is 61.3 Å². The van der Waals surface area contributed by atoms with E-state index in [1.807, 2.05) is 20.8 Å². The second kappa shape index (κ2) is 12.0. The number of halogens is 1. The lowest BCUT2D eigenvalue weighted by Gasteiger charge is -2.43. The van der Waals surface area contributed by atoms with E-state index in [-0.39, 0.29) is 24.6 Å². The number of rotatable bonds is 10. The summed E-state index contributed by atoms with van der Waals surface area (Å²) in [5.41, 5.74) is 1.49. The summed E-state index contributed by atoms with van der Waals surface area (Å²) >= 11 is 1.20. The highest BCUT2D eigenvalue weighted by Crippen LogP contribution is 2.33. The van der Waals surface area contributed by atoms with E-state index in [1.165, 1.54) is 31.0 Å². The molecular formula is C22H38ClN3O3S. The summed E-state index contributed by atoms with van der Waals surface area (Å²) in [6.07, 6.45) is 8.43. The van der Waals surface area contributed by atoms with Crippen LogP contribution in [-0.2, 0) is 9.53 Å². The lowest BCUT2D eigenvalue weighted by Crippen LogP contribution is -3.00. The zero-order chi connectivity index (χ0) is 21.5. The Bertz CT molecular complexity index is 702. The van der Waals surface area contributed by atoms with E-state index in [1.54, 1.807) is 0 Å². The fourth-order valence-corrected chi connectivity index (χ4v) is 4.14. The number of likely N-dealkylation sites (N-methyl/N-ethyl adjacent to an activating group) is 1. The van der Waals surface area contributed by atoms with Crippen LogP contribution in [-0.4, -0.2) is 52.2 Å². The molecule has 6 nitrogen and oxygen atoms in total. The Morgan fingerprint density at radius 1 is 1.23 bits per heavy atom. The molecule has 1 aliphatic rings. The van der Waals surface area contributed by atoms with Crippen molar-refractivity contribution in [2.75, 3.05) is 26.7 Å². The van der Waals surface area contributed by atoms with Gasteiger partial charge in [0, 0.05) is 18.4 Å². The Hall–Kier alpha value is -1.18. The molecule has 1 aliphatic heterocycles. The number of ether oxygens (including phenoxy) is 2. The van der Waals surface area contributed by atoms with Crippen molar-refractivity contribution in [2.45, 2.75) is 79.4 Å². The van der Waals surface area contributed by atoms with Crippen molar-refractivity contribution in [2.24, 2.45) is 5.41 Å². The van der Waals surface area contributed by atoms with E-state index in [0.29, 0.717) is 17.0 Å². The monoisotopic (exact) mass is 459 g/mol. The molecule has 0 bridgehead atoms. The third-order valence-electron chi connectivity index (χ3n) is 5.46. The van der Waals surface area contributed by atoms with Gasteiger partial charge in [-0.15, -0.1) is 4.37 Å². The van der Waals surface area contributed by atoms with Crippen molar-refractivity contribution in [3.63, 3.8) is 0 Å². The minimum absolute atomic E-state index is 0. The summed E-state index contributed by atoms with van der Waals surface area (Å²) in [6, 6.07) is 0. The third kappa shape index (κ3) is 7.20. The molecule has 8 heteroatoms. The van der Waals surface area contributed by atoms with Crippen LogP contribution in [0.4, 0.5) is 0 Å². The molecule has 1 aromatic rings. The lowest BCUT2D eigenvalue weighted by molar-refractivity contribution is -0.947. The van der Waals surface area contributed by atoms with Crippen LogP contribution in [0.2, 0.25) is 0 Å². The van der Waals surface area contributed by atoms with Crippen LogP contribution in [0.3, 0.4) is 0 Å². The number of carbonyl (C=O) groups is 1. The molecule has 0 radical (unpaired) electrons. The van der Waals surface area contributed by atoms with Crippen molar-refractivity contribution in [3.8, 4) is 5.88 Å². The summed E-state index contributed by atoms with van der Waals surface area (Å²) in [5.74, 6) is 0.497. The molecule has 0 N–H and O–H groups in total. The second-order valence-corrected chi connectivity index (χ2v) is 9.75. The average molecular weight is 460 g/mol. The summed E-state index contributed by atoms with van der Waals surface area (Å²) in [6.45, 7) is 12.3. The first-order valence-corrected chi connectivity index (χ1v) is 11.6. The summed E-state index contributed by atoms with van der Waals surface area (Å²) < 4.78 is 21.5. The molecule has 0 saturated carbocycles. The zero-order valence-corrected chi connectivity index (χ0v) is 20.9. The van der Waals surface area contributed by atoms with E-state index < -0.39 is 5.41 Å². The SMILES string of the molecule is CCCCCCOc1nsnc1C1=CCC[N+](C)(C(CC)OC(=O)C(C)(C)C)C1.[Cl-]. The fourth-order valence-electron chi connectivity index (χ4n) is 3.60. The molecule has 30 heavy (non-hydrogen) atoms. The van der Waals surface area contributed by atoms with E-state index in [9.17, 15) is 4.79 Å². The van der Waals surface area contributed by atoms with Gasteiger partial charge in [0.1, 0.15) is 12.2 Å². The molecular weight excluding hydrogens is 422 g/mol. The van der Waals surface area contributed by atoms with E-state index in [0.717, 1.165) is 43.6 Å². The fraction of sp³-hybridized carbons (Fsp3) is 0.773. The minimum Gasteiger partial charge on any atom is -1.00 e. The number of hydrogen-bond acceptors (Lipinski definition) is 6. The quantitative estimate of drug-likeness (QED) is 0.304. The van der Waals surface area contributed by atoms with E-state index in [2.05, 4.69) is 35.7 Å². The Balaban J connectivity index is 0.00000450. The van der Waals surface area contributed by atoms with Crippen molar-refractivity contribution in [1.29, 1.82) is 0 Å². The number of esters is 1. The van der Waals surface area contributed by atoms with E-state index >= 15 is 0 Å². The first kappa shape index (κ1) is 26.9. The molecule has 2 heterocycles. The molecule has 172 valence electrons. The average Bonchev–Trinajstić information content (AvgIpc) is 3.13. The van der Waals surface area contributed by atoms with E-state index in [4.69, 9.17) is 9.47 Å². The normalized spacial score (nSPS) is 20.1. The van der Waals surface area contributed by atoms with Gasteiger partial charge in [0.05, 0.1) is 37.3 Å². The molecule has 2 unspecified atom stereocenters. The van der Waals surface area contributed by atoms with Crippen LogP contribution >= 0.6 is 11.7 Å². The van der Waals surface area contributed by atoms with Crippen molar-refractivity contribution in [3.05, 3.63) is 11.8 Å². The summed E-state index contributed by atoms with van der Waals surface area (Å²) in [7, 11) is 2.17. The van der Waals surface area contributed by atoms with Gasteiger partial charge in [0.15, 0.2) is 0 Å². The van der Waals surface area contributed by atoms with Gasteiger partial charge >= 0.3 is 5.97 Å². The predicted octanol–water partition coefficient (Wildman–Crippen LogP) is 2.06. The van der Waals surface area contributed by atoms with Gasteiger partial charge in [-0.05, 0) is 27.2 Å². The maximum Gasteiger partial charge on any atom is 0.315 e. The van der Waals surface area contributed by atoms with Gasteiger partial charge in [-0.2, -0.15) is 4.37 Å². The molecule has 0 amide bonds. The van der Waals surface area contributed by atoms with Gasteiger partial charge < -0.3 is 21.9 Å². The highest BCUT2D eigenvalue weighted by Gasteiger charge is 2.40. The number of unbranched alkanes of at least 4 members (excludes halogenated alkanes) is 3. The number of nitrogens with zero attached hydrogens (tertiary/aromatic N) is 3. The Morgan fingerprint density at radius 2 is 1.97 bits per heavy atom. The molecule has 0 saturated heterocycles. The standard InChI is InChI=1S/C22H38N3O3S.ClH/c1-7-9-10-11-15-27-20-19(23-29-24-20)17-13-12-14-25(6,16-17)18(8-2)28-21(26)22(3,4)5;/h13,18H,7-12,14-16H2,1-6H3;1H/q+1;/p-1. The summed E-state index contributed by atoms with van der Waals surface area (Å²) in [4.78, 5) is 12.5. The highest BCUT2D eigenvalue weighted by molar-refractivity contribution is 6.99.